The molecule has 0 bridgehead atoms. The largest absolute Gasteiger partial charge is 0.416 e. The molecule has 4 heteroatoms. The normalized spacial score (nSPS) is 16.7. The Morgan fingerprint density at radius 3 is 2.44 bits per heavy atom. The summed E-state index contributed by atoms with van der Waals surface area (Å²) in [5, 5.41) is 0. The van der Waals surface area contributed by atoms with Crippen LogP contribution in [0, 0.1) is 6.92 Å². The van der Waals surface area contributed by atoms with Crippen molar-refractivity contribution in [3.63, 3.8) is 0 Å². The quantitative estimate of drug-likeness (QED) is 0.735. The average Bonchev–Trinajstić information content (AvgIpc) is 2.27. The second-order valence-electron chi connectivity index (χ2n) is 4.52. The van der Waals surface area contributed by atoms with Crippen molar-refractivity contribution in [3.05, 3.63) is 41.0 Å². The van der Waals surface area contributed by atoms with Gasteiger partial charge in [0, 0.05) is 6.42 Å². The van der Waals surface area contributed by atoms with Crippen LogP contribution in [0.15, 0.2) is 24.3 Å². The number of allylic oxidation sites excluding steroid dienone is 2. The number of rotatable bonds is 1. The van der Waals surface area contributed by atoms with E-state index in [1.165, 1.54) is 6.07 Å². The highest BCUT2D eigenvalue weighted by molar-refractivity contribution is 5.98. The molecular formula is C14H13F3O. The van der Waals surface area contributed by atoms with Crippen LogP contribution in [0.1, 0.15) is 36.0 Å². The number of aryl methyl sites for hydroxylation is 1. The second-order valence-corrected chi connectivity index (χ2v) is 4.52. The molecule has 0 aromatic heterocycles. The Kier molecular flexibility index (Phi) is 3.28. The molecule has 0 saturated carbocycles. The molecule has 1 nitrogen and oxygen atoms in total. The highest BCUT2D eigenvalue weighted by Gasteiger charge is 2.30. The van der Waals surface area contributed by atoms with Crippen molar-refractivity contribution in [2.45, 2.75) is 32.4 Å². The fourth-order valence-corrected chi connectivity index (χ4v) is 2.20. The van der Waals surface area contributed by atoms with E-state index < -0.39 is 11.7 Å². The van der Waals surface area contributed by atoms with Gasteiger partial charge in [-0.2, -0.15) is 13.2 Å². The van der Waals surface area contributed by atoms with Gasteiger partial charge in [0.2, 0.25) is 0 Å². The van der Waals surface area contributed by atoms with Crippen molar-refractivity contribution in [1.82, 2.24) is 0 Å². The van der Waals surface area contributed by atoms with Gasteiger partial charge in [-0.3, -0.25) is 4.79 Å². The van der Waals surface area contributed by atoms with Crippen LogP contribution in [-0.4, -0.2) is 5.78 Å². The van der Waals surface area contributed by atoms with Gasteiger partial charge in [0.15, 0.2) is 5.78 Å². The summed E-state index contributed by atoms with van der Waals surface area (Å²) in [6, 6.07) is 3.67. The van der Waals surface area contributed by atoms with Crippen LogP contribution in [0.25, 0.3) is 5.57 Å². The smallest absolute Gasteiger partial charge is 0.295 e. The van der Waals surface area contributed by atoms with Gasteiger partial charge in [0.1, 0.15) is 0 Å². The Balaban J connectivity index is 2.39. The minimum Gasteiger partial charge on any atom is -0.295 e. The molecule has 1 aromatic carbocycles. The molecule has 0 aliphatic heterocycles. The molecule has 0 atom stereocenters. The predicted molar refractivity (Wildman–Crippen MR) is 63.0 cm³/mol. The minimum atomic E-state index is -4.32. The number of carbonyl (C=O) groups excluding carboxylic acids is 1. The predicted octanol–water partition coefficient (Wildman–Crippen LogP) is 4.15. The third-order valence-corrected chi connectivity index (χ3v) is 3.10. The lowest BCUT2D eigenvalue weighted by Gasteiger charge is -2.16. The van der Waals surface area contributed by atoms with E-state index in [-0.39, 0.29) is 5.78 Å². The highest BCUT2D eigenvalue weighted by Crippen LogP contribution is 2.33. The molecule has 96 valence electrons. The Morgan fingerprint density at radius 2 is 1.89 bits per heavy atom. The van der Waals surface area contributed by atoms with Crippen molar-refractivity contribution in [2.75, 3.05) is 0 Å². The highest BCUT2D eigenvalue weighted by atomic mass is 19.4. The molecule has 1 aliphatic rings. The zero-order valence-corrected chi connectivity index (χ0v) is 9.97. The van der Waals surface area contributed by atoms with Crippen molar-refractivity contribution in [1.29, 1.82) is 0 Å². The monoisotopic (exact) mass is 254 g/mol. The SMILES string of the molecule is Cc1cc(C(F)(F)F)ccc1C1=CC(=O)CCC1. The van der Waals surface area contributed by atoms with E-state index in [9.17, 15) is 18.0 Å². The van der Waals surface area contributed by atoms with E-state index in [1.54, 1.807) is 13.0 Å². The maximum atomic E-state index is 12.5. The van der Waals surface area contributed by atoms with E-state index in [4.69, 9.17) is 0 Å². The van der Waals surface area contributed by atoms with Crippen LogP contribution in [0.4, 0.5) is 13.2 Å². The molecule has 18 heavy (non-hydrogen) atoms. The lowest BCUT2D eigenvalue weighted by molar-refractivity contribution is -0.137. The zero-order valence-electron chi connectivity index (χ0n) is 9.97. The van der Waals surface area contributed by atoms with Crippen LogP contribution in [0.3, 0.4) is 0 Å². The standard InChI is InChI=1S/C14H13F3O/c1-9-7-11(14(15,16)17)5-6-13(9)10-3-2-4-12(18)8-10/h5-8H,2-4H2,1H3. The Bertz CT molecular complexity index is 512. The first-order valence-corrected chi connectivity index (χ1v) is 5.79. The van der Waals surface area contributed by atoms with Gasteiger partial charge in [-0.1, -0.05) is 6.07 Å². The van der Waals surface area contributed by atoms with E-state index in [0.29, 0.717) is 12.0 Å². The molecule has 2 rings (SSSR count). The second kappa shape index (κ2) is 4.59. The summed E-state index contributed by atoms with van der Waals surface area (Å²) in [6.45, 7) is 1.64. The Hall–Kier alpha value is -1.58. The van der Waals surface area contributed by atoms with Crippen molar-refractivity contribution >= 4 is 11.4 Å². The number of hydrogen-bond acceptors (Lipinski definition) is 1. The van der Waals surface area contributed by atoms with Crippen LogP contribution < -0.4 is 0 Å². The summed E-state index contributed by atoms with van der Waals surface area (Å²) in [5.41, 5.74) is 1.51. The molecule has 0 amide bonds. The lowest BCUT2D eigenvalue weighted by Crippen LogP contribution is -2.07. The van der Waals surface area contributed by atoms with Crippen molar-refractivity contribution in [3.8, 4) is 0 Å². The Labute approximate surface area is 103 Å². The summed E-state index contributed by atoms with van der Waals surface area (Å²) in [7, 11) is 0. The topological polar surface area (TPSA) is 17.1 Å². The van der Waals surface area contributed by atoms with E-state index in [0.717, 1.165) is 36.1 Å². The number of ketones is 1. The molecule has 1 aromatic rings. The maximum Gasteiger partial charge on any atom is 0.416 e. The first kappa shape index (κ1) is 12.9. The van der Waals surface area contributed by atoms with Gasteiger partial charge in [0.25, 0.3) is 0 Å². The van der Waals surface area contributed by atoms with E-state index in [1.807, 2.05) is 0 Å². The van der Waals surface area contributed by atoms with Crippen molar-refractivity contribution in [2.24, 2.45) is 0 Å². The number of alkyl halides is 3. The van der Waals surface area contributed by atoms with Crippen molar-refractivity contribution < 1.29 is 18.0 Å². The van der Waals surface area contributed by atoms with Crippen LogP contribution in [-0.2, 0) is 11.0 Å². The molecule has 0 spiro atoms. The number of benzene rings is 1. The minimum absolute atomic E-state index is 0.0514. The fourth-order valence-electron chi connectivity index (χ4n) is 2.20. The third-order valence-electron chi connectivity index (χ3n) is 3.10. The summed E-state index contributed by atoms with van der Waals surface area (Å²) < 4.78 is 37.6. The molecule has 0 N–H and O–H groups in total. The molecule has 0 heterocycles. The summed E-state index contributed by atoms with van der Waals surface area (Å²) in [6.07, 6.45) is -0.717. The molecule has 1 aliphatic carbocycles. The molecule has 0 fully saturated rings. The van der Waals surface area contributed by atoms with E-state index in [2.05, 4.69) is 0 Å². The molecule has 0 saturated heterocycles. The summed E-state index contributed by atoms with van der Waals surface area (Å²) in [5.74, 6) is 0.0514. The van der Waals surface area contributed by atoms with Gasteiger partial charge in [-0.05, 0) is 54.7 Å². The first-order chi connectivity index (χ1) is 8.38. The number of carbonyl (C=O) groups is 1. The average molecular weight is 254 g/mol. The summed E-state index contributed by atoms with van der Waals surface area (Å²) in [4.78, 5) is 11.3. The van der Waals surface area contributed by atoms with Crippen LogP contribution >= 0.6 is 0 Å². The summed E-state index contributed by atoms with van der Waals surface area (Å²) >= 11 is 0. The molecular weight excluding hydrogens is 241 g/mol. The van der Waals surface area contributed by atoms with Gasteiger partial charge < -0.3 is 0 Å². The van der Waals surface area contributed by atoms with Gasteiger partial charge in [0.05, 0.1) is 5.56 Å². The molecule has 0 radical (unpaired) electrons. The number of hydrogen-bond donors (Lipinski definition) is 0. The van der Waals surface area contributed by atoms with E-state index >= 15 is 0 Å². The maximum absolute atomic E-state index is 12.5. The third kappa shape index (κ3) is 2.63. The van der Waals surface area contributed by atoms with Gasteiger partial charge in [-0.15, -0.1) is 0 Å². The Morgan fingerprint density at radius 1 is 1.17 bits per heavy atom. The fraction of sp³-hybridized carbons (Fsp3) is 0.357. The van der Waals surface area contributed by atoms with Gasteiger partial charge in [-0.25, -0.2) is 0 Å². The van der Waals surface area contributed by atoms with Crippen LogP contribution in [0.5, 0.6) is 0 Å². The first-order valence-electron chi connectivity index (χ1n) is 5.79. The van der Waals surface area contributed by atoms with Gasteiger partial charge >= 0.3 is 6.18 Å². The molecule has 0 unspecified atom stereocenters. The number of halogens is 3. The zero-order chi connectivity index (χ0) is 13.3. The lowest BCUT2D eigenvalue weighted by atomic mass is 9.90. The van der Waals surface area contributed by atoms with Crippen LogP contribution in [0.2, 0.25) is 0 Å².